The summed E-state index contributed by atoms with van der Waals surface area (Å²) in [5.74, 6) is -1.94. The van der Waals surface area contributed by atoms with Gasteiger partial charge in [-0.2, -0.15) is 0 Å². The number of carboxylic acids is 1. The van der Waals surface area contributed by atoms with Crippen LogP contribution in [0.5, 0.6) is 0 Å². The number of likely N-dealkylation sites (tertiary alicyclic amines) is 1. The van der Waals surface area contributed by atoms with E-state index >= 15 is 0 Å². The van der Waals surface area contributed by atoms with Crippen molar-refractivity contribution in [1.82, 2.24) is 20.5 Å². The second-order valence-corrected chi connectivity index (χ2v) is 12.3. The van der Waals surface area contributed by atoms with E-state index in [2.05, 4.69) is 15.6 Å². The lowest BCUT2D eigenvalue weighted by atomic mass is 9.85. The van der Waals surface area contributed by atoms with Gasteiger partial charge in [-0.25, -0.2) is 4.98 Å². The van der Waals surface area contributed by atoms with Gasteiger partial charge in [-0.15, -0.1) is 11.3 Å². The molecule has 4 N–H and O–H groups in total. The number of nitrogens with one attached hydrogen (secondary N) is 2. The quantitative estimate of drug-likeness (QED) is 0.285. The van der Waals surface area contributed by atoms with Crippen molar-refractivity contribution in [2.24, 2.45) is 5.41 Å². The van der Waals surface area contributed by atoms with Crippen molar-refractivity contribution in [3.8, 4) is 10.4 Å². The van der Waals surface area contributed by atoms with E-state index in [-0.39, 0.29) is 44.2 Å². The van der Waals surface area contributed by atoms with E-state index in [4.69, 9.17) is 5.11 Å². The Labute approximate surface area is 239 Å². The Hall–Kier alpha value is -3.31. The van der Waals surface area contributed by atoms with Crippen LogP contribution in [0.2, 0.25) is 0 Å². The Morgan fingerprint density at radius 2 is 1.77 bits per heavy atom. The Kier molecular flexibility index (Phi) is 10.8. The standard InChI is InChI=1S/C29H40N4O6S/c1-18-25(40-17-31-18)20-12-10-19(11-13-20)15-30-27(38)22-14-21(34)16-33(22)28(39)26(29(2,3)4)32-23(35)8-6-5-7-9-24(36)37/h10-13,17,21-22,26,34H,5-9,14-16H2,1-4H3,(H,30,38)(H,32,35)(H,36,37)/t21-,22+,26?/m1/s1. The van der Waals surface area contributed by atoms with E-state index in [9.17, 15) is 24.3 Å². The molecule has 0 saturated carbocycles. The van der Waals surface area contributed by atoms with Gasteiger partial charge in [0, 0.05) is 32.4 Å². The highest BCUT2D eigenvalue weighted by molar-refractivity contribution is 7.13. The van der Waals surface area contributed by atoms with Gasteiger partial charge >= 0.3 is 5.97 Å². The number of amides is 3. The second-order valence-electron chi connectivity index (χ2n) is 11.4. The van der Waals surface area contributed by atoms with Crippen LogP contribution in [0.1, 0.15) is 70.6 Å². The minimum absolute atomic E-state index is 0.0114. The van der Waals surface area contributed by atoms with Crippen molar-refractivity contribution in [2.75, 3.05) is 6.54 Å². The summed E-state index contributed by atoms with van der Waals surface area (Å²) in [5.41, 5.74) is 4.10. The Balaban J connectivity index is 1.60. The number of nitrogens with zero attached hydrogens (tertiary/aromatic N) is 2. The number of carbonyl (C=O) groups excluding carboxylic acids is 3. The van der Waals surface area contributed by atoms with E-state index in [1.54, 1.807) is 11.3 Å². The number of unbranched alkanes of at least 4 members (excludes halogenated alkanes) is 2. The predicted octanol–water partition coefficient (Wildman–Crippen LogP) is 3.26. The number of rotatable bonds is 12. The van der Waals surface area contributed by atoms with Gasteiger partial charge in [-0.3, -0.25) is 19.2 Å². The van der Waals surface area contributed by atoms with E-state index in [1.165, 1.54) is 4.90 Å². The summed E-state index contributed by atoms with van der Waals surface area (Å²) in [4.78, 5) is 56.9. The highest BCUT2D eigenvalue weighted by Crippen LogP contribution is 2.28. The molecule has 1 aromatic heterocycles. The molecule has 1 aromatic carbocycles. The molecular weight excluding hydrogens is 532 g/mol. The molecule has 1 unspecified atom stereocenters. The number of carbonyl (C=O) groups is 4. The van der Waals surface area contributed by atoms with Gasteiger partial charge in [0.1, 0.15) is 12.1 Å². The lowest BCUT2D eigenvalue weighted by molar-refractivity contribution is -0.144. The number of thiazole rings is 1. The summed E-state index contributed by atoms with van der Waals surface area (Å²) < 4.78 is 0. The number of carboxylic acid groups (broad SMARTS) is 1. The molecule has 0 bridgehead atoms. The smallest absolute Gasteiger partial charge is 0.303 e. The van der Waals surface area contributed by atoms with Crippen LogP contribution in [-0.2, 0) is 25.7 Å². The number of hydrogen-bond donors (Lipinski definition) is 4. The van der Waals surface area contributed by atoms with Gasteiger partial charge in [-0.05, 0) is 36.3 Å². The molecule has 40 heavy (non-hydrogen) atoms. The molecule has 1 aliphatic heterocycles. The number of β-amino-alcohol motifs (C(OH)–C–C–N with tert-alkyl or cyclic N) is 1. The van der Waals surface area contributed by atoms with Crippen molar-refractivity contribution >= 4 is 35.0 Å². The van der Waals surface area contributed by atoms with Gasteiger partial charge in [0.2, 0.25) is 17.7 Å². The lowest BCUT2D eigenvalue weighted by Gasteiger charge is -2.35. The van der Waals surface area contributed by atoms with Crippen LogP contribution < -0.4 is 10.6 Å². The average molecular weight is 573 g/mol. The highest BCUT2D eigenvalue weighted by Gasteiger charge is 2.44. The minimum atomic E-state index is -0.887. The first kappa shape index (κ1) is 31.2. The molecule has 11 heteroatoms. The van der Waals surface area contributed by atoms with Crippen LogP contribution in [0.3, 0.4) is 0 Å². The summed E-state index contributed by atoms with van der Waals surface area (Å²) >= 11 is 1.57. The van der Waals surface area contributed by atoms with Crippen LogP contribution in [0.4, 0.5) is 0 Å². The van der Waals surface area contributed by atoms with Crippen molar-refractivity contribution in [2.45, 2.75) is 91.0 Å². The fraction of sp³-hybridized carbons (Fsp3) is 0.552. The molecule has 0 spiro atoms. The maximum Gasteiger partial charge on any atom is 0.303 e. The molecule has 3 atom stereocenters. The first-order valence-electron chi connectivity index (χ1n) is 13.6. The van der Waals surface area contributed by atoms with Crippen LogP contribution in [0.15, 0.2) is 29.8 Å². The molecule has 3 rings (SSSR count). The molecule has 218 valence electrons. The third kappa shape index (κ3) is 8.59. The van der Waals surface area contributed by atoms with Gasteiger partial charge in [0.25, 0.3) is 0 Å². The summed E-state index contributed by atoms with van der Waals surface area (Å²) in [6.07, 6.45) is 1.12. The molecule has 2 heterocycles. The average Bonchev–Trinajstić information content (AvgIpc) is 3.50. The molecule has 1 saturated heterocycles. The van der Waals surface area contributed by atoms with Crippen molar-refractivity contribution in [3.05, 3.63) is 41.0 Å². The van der Waals surface area contributed by atoms with Gasteiger partial charge in [0.15, 0.2) is 0 Å². The van der Waals surface area contributed by atoms with E-state index in [0.717, 1.165) is 21.7 Å². The Morgan fingerprint density at radius 1 is 1.10 bits per heavy atom. The second kappa shape index (κ2) is 13.8. The Morgan fingerprint density at radius 3 is 2.38 bits per heavy atom. The molecule has 1 fully saturated rings. The van der Waals surface area contributed by atoms with Crippen LogP contribution >= 0.6 is 11.3 Å². The summed E-state index contributed by atoms with van der Waals surface area (Å²) in [6.45, 7) is 7.75. The van der Waals surface area contributed by atoms with Gasteiger partial charge < -0.3 is 25.7 Å². The zero-order valence-corrected chi connectivity index (χ0v) is 24.4. The molecule has 2 aromatic rings. The maximum atomic E-state index is 13.6. The van der Waals surface area contributed by atoms with Crippen LogP contribution in [-0.4, -0.2) is 68.5 Å². The predicted molar refractivity (Wildman–Crippen MR) is 152 cm³/mol. The molecule has 3 amide bonds. The minimum Gasteiger partial charge on any atom is -0.481 e. The van der Waals surface area contributed by atoms with Crippen molar-refractivity contribution in [3.63, 3.8) is 0 Å². The zero-order valence-electron chi connectivity index (χ0n) is 23.6. The topological polar surface area (TPSA) is 149 Å². The third-order valence-electron chi connectivity index (χ3n) is 7.01. The van der Waals surface area contributed by atoms with Gasteiger partial charge in [0.05, 0.1) is 22.2 Å². The highest BCUT2D eigenvalue weighted by atomic mass is 32.1. The lowest BCUT2D eigenvalue weighted by Crippen LogP contribution is -2.57. The normalized spacial score (nSPS) is 17.9. The van der Waals surface area contributed by atoms with Crippen molar-refractivity contribution < 1.29 is 29.4 Å². The molecule has 0 aliphatic carbocycles. The van der Waals surface area contributed by atoms with E-state index in [1.807, 2.05) is 57.5 Å². The molecule has 10 nitrogen and oxygen atoms in total. The zero-order chi connectivity index (χ0) is 29.4. The summed E-state index contributed by atoms with van der Waals surface area (Å²) in [7, 11) is 0. The molecule has 1 aliphatic rings. The maximum absolute atomic E-state index is 13.6. The number of aliphatic hydroxyl groups excluding tert-OH is 1. The first-order chi connectivity index (χ1) is 18.9. The number of aryl methyl sites for hydroxylation is 1. The summed E-state index contributed by atoms with van der Waals surface area (Å²) in [5, 5.41) is 24.8. The number of aromatic nitrogens is 1. The number of hydrogen-bond acceptors (Lipinski definition) is 7. The fourth-order valence-corrected chi connectivity index (χ4v) is 5.56. The largest absolute Gasteiger partial charge is 0.481 e. The van der Waals surface area contributed by atoms with Crippen molar-refractivity contribution in [1.29, 1.82) is 0 Å². The van der Waals surface area contributed by atoms with E-state index in [0.29, 0.717) is 19.3 Å². The Bertz CT molecular complexity index is 1190. The van der Waals surface area contributed by atoms with E-state index < -0.39 is 35.5 Å². The van der Waals surface area contributed by atoms with Crippen LogP contribution in [0, 0.1) is 12.3 Å². The van der Waals surface area contributed by atoms with Gasteiger partial charge in [-0.1, -0.05) is 51.5 Å². The molecular formula is C29H40N4O6S. The SMILES string of the molecule is Cc1ncsc1-c1ccc(CNC(=O)[C@@H]2C[C@@H](O)CN2C(=O)C(NC(=O)CCCCCC(=O)O)C(C)(C)C)cc1. The molecule has 0 radical (unpaired) electrons. The number of aliphatic hydroxyl groups is 1. The first-order valence-corrected chi connectivity index (χ1v) is 14.5. The number of benzene rings is 1. The van der Waals surface area contributed by atoms with Crippen LogP contribution in [0.25, 0.3) is 10.4 Å². The fourth-order valence-electron chi connectivity index (χ4n) is 4.75. The summed E-state index contributed by atoms with van der Waals surface area (Å²) in [6, 6.07) is 6.11. The monoisotopic (exact) mass is 572 g/mol. The number of aliphatic carboxylic acids is 1. The third-order valence-corrected chi connectivity index (χ3v) is 7.98.